The van der Waals surface area contributed by atoms with E-state index in [0.717, 1.165) is 5.75 Å². The number of hydrogen-bond donors (Lipinski definition) is 1. The summed E-state index contributed by atoms with van der Waals surface area (Å²) in [5, 5.41) is 2.77. The Kier molecular flexibility index (Phi) is 5.43. The molecule has 2 amide bonds. The molecule has 1 N–H and O–H groups in total. The highest BCUT2D eigenvalue weighted by Crippen LogP contribution is 2.09. The third kappa shape index (κ3) is 4.98. The number of amides is 2. The molecule has 1 saturated heterocycles. The van der Waals surface area contributed by atoms with E-state index in [4.69, 9.17) is 9.47 Å². The van der Waals surface area contributed by atoms with Gasteiger partial charge in [-0.2, -0.15) is 0 Å². The average Bonchev–Trinajstić information content (AvgIpc) is 2.81. The summed E-state index contributed by atoms with van der Waals surface area (Å²) in [7, 11) is 1.67. The SMILES string of the molecule is CN1CC(CNC(=O)CCCOc2ccccc2)OC1=O. The normalized spacial score (nSPS) is 17.5. The van der Waals surface area contributed by atoms with E-state index in [2.05, 4.69) is 5.32 Å². The standard InChI is InChI=1S/C15H20N2O4/c1-17-11-13(21-15(17)19)10-16-14(18)8-5-9-20-12-6-3-2-4-7-12/h2-4,6-7,13H,5,8-11H2,1H3,(H,16,18). The first-order valence-corrected chi connectivity index (χ1v) is 7.01. The molecule has 6 heteroatoms. The second-order valence-corrected chi connectivity index (χ2v) is 4.96. The molecule has 6 nitrogen and oxygen atoms in total. The summed E-state index contributed by atoms with van der Waals surface area (Å²) in [6, 6.07) is 9.49. The molecule has 1 fully saturated rings. The highest BCUT2D eigenvalue weighted by molar-refractivity contribution is 5.76. The molecular formula is C15H20N2O4. The van der Waals surface area contributed by atoms with Crippen molar-refractivity contribution in [1.29, 1.82) is 0 Å². The van der Waals surface area contributed by atoms with Gasteiger partial charge < -0.3 is 19.7 Å². The van der Waals surface area contributed by atoms with Crippen LogP contribution in [-0.4, -0.2) is 49.7 Å². The smallest absolute Gasteiger partial charge is 0.410 e. The number of carbonyl (C=O) groups is 2. The second-order valence-electron chi connectivity index (χ2n) is 4.96. The molecule has 1 aromatic rings. The number of para-hydroxylation sites is 1. The van der Waals surface area contributed by atoms with Crippen LogP contribution in [0.3, 0.4) is 0 Å². The number of cyclic esters (lactones) is 1. The van der Waals surface area contributed by atoms with E-state index in [1.807, 2.05) is 30.3 Å². The Morgan fingerprint density at radius 3 is 2.86 bits per heavy atom. The predicted molar refractivity (Wildman–Crippen MR) is 77.1 cm³/mol. The predicted octanol–water partition coefficient (Wildman–Crippen LogP) is 1.41. The summed E-state index contributed by atoms with van der Waals surface area (Å²) in [6.07, 6.45) is 0.437. The van der Waals surface area contributed by atoms with Crippen LogP contribution >= 0.6 is 0 Å². The first-order chi connectivity index (χ1) is 10.1. The van der Waals surface area contributed by atoms with Gasteiger partial charge in [0.05, 0.1) is 19.7 Å². The van der Waals surface area contributed by atoms with Crippen LogP contribution in [0.4, 0.5) is 4.79 Å². The molecule has 1 unspecified atom stereocenters. The molecular weight excluding hydrogens is 272 g/mol. The van der Waals surface area contributed by atoms with E-state index in [-0.39, 0.29) is 18.1 Å². The Morgan fingerprint density at radius 1 is 1.43 bits per heavy atom. The lowest BCUT2D eigenvalue weighted by atomic mass is 10.3. The molecule has 21 heavy (non-hydrogen) atoms. The maximum Gasteiger partial charge on any atom is 0.410 e. The quantitative estimate of drug-likeness (QED) is 0.772. The second kappa shape index (κ2) is 7.52. The van der Waals surface area contributed by atoms with Crippen molar-refractivity contribution in [2.75, 3.05) is 26.7 Å². The summed E-state index contributed by atoms with van der Waals surface area (Å²) in [5.74, 6) is 0.746. The van der Waals surface area contributed by atoms with Crippen molar-refractivity contribution in [1.82, 2.24) is 10.2 Å². The highest BCUT2D eigenvalue weighted by Gasteiger charge is 2.28. The summed E-state index contributed by atoms with van der Waals surface area (Å²) in [5.41, 5.74) is 0. The van der Waals surface area contributed by atoms with E-state index in [0.29, 0.717) is 32.5 Å². The third-order valence-corrected chi connectivity index (χ3v) is 3.14. The zero-order valence-electron chi connectivity index (χ0n) is 12.1. The molecule has 0 saturated carbocycles. The minimum absolute atomic E-state index is 0.0581. The van der Waals surface area contributed by atoms with Crippen molar-refractivity contribution in [3.05, 3.63) is 30.3 Å². The van der Waals surface area contributed by atoms with Crippen LogP contribution in [-0.2, 0) is 9.53 Å². The Hall–Kier alpha value is -2.24. The lowest BCUT2D eigenvalue weighted by molar-refractivity contribution is -0.121. The van der Waals surface area contributed by atoms with Gasteiger partial charge in [-0.1, -0.05) is 18.2 Å². The van der Waals surface area contributed by atoms with Crippen molar-refractivity contribution in [2.45, 2.75) is 18.9 Å². The number of ether oxygens (including phenoxy) is 2. The molecule has 1 atom stereocenters. The van der Waals surface area contributed by atoms with E-state index in [9.17, 15) is 9.59 Å². The topological polar surface area (TPSA) is 67.9 Å². The van der Waals surface area contributed by atoms with Crippen molar-refractivity contribution < 1.29 is 19.1 Å². The zero-order valence-corrected chi connectivity index (χ0v) is 12.1. The van der Waals surface area contributed by atoms with Gasteiger partial charge in [0, 0.05) is 13.5 Å². The van der Waals surface area contributed by atoms with Crippen LogP contribution in [0.15, 0.2) is 30.3 Å². The first-order valence-electron chi connectivity index (χ1n) is 7.01. The van der Waals surface area contributed by atoms with Crippen LogP contribution in [0.2, 0.25) is 0 Å². The summed E-state index contributed by atoms with van der Waals surface area (Å²) in [6.45, 7) is 1.36. The maximum atomic E-state index is 11.7. The molecule has 1 aliphatic rings. The van der Waals surface area contributed by atoms with Crippen LogP contribution in [0.5, 0.6) is 5.75 Å². The number of benzene rings is 1. The van der Waals surface area contributed by atoms with Gasteiger partial charge in [-0.25, -0.2) is 4.79 Å². The largest absolute Gasteiger partial charge is 0.494 e. The number of nitrogens with one attached hydrogen (secondary N) is 1. The summed E-state index contributed by atoms with van der Waals surface area (Å²) in [4.78, 5) is 24.3. The Labute approximate surface area is 124 Å². The molecule has 1 aromatic carbocycles. The van der Waals surface area contributed by atoms with Crippen molar-refractivity contribution in [3.63, 3.8) is 0 Å². The van der Waals surface area contributed by atoms with E-state index in [1.165, 1.54) is 4.90 Å². The summed E-state index contributed by atoms with van der Waals surface area (Å²) < 4.78 is 10.6. The number of rotatable bonds is 7. The average molecular weight is 292 g/mol. The van der Waals surface area contributed by atoms with E-state index in [1.54, 1.807) is 7.05 Å². The molecule has 114 valence electrons. The Balaban J connectivity index is 1.55. The molecule has 0 spiro atoms. The first kappa shape index (κ1) is 15.2. The molecule has 2 rings (SSSR count). The van der Waals surface area contributed by atoms with Gasteiger partial charge in [0.1, 0.15) is 11.9 Å². The monoisotopic (exact) mass is 292 g/mol. The van der Waals surface area contributed by atoms with Crippen LogP contribution in [0.1, 0.15) is 12.8 Å². The van der Waals surface area contributed by atoms with Gasteiger partial charge in [0.25, 0.3) is 0 Å². The van der Waals surface area contributed by atoms with Gasteiger partial charge in [-0.15, -0.1) is 0 Å². The molecule has 0 bridgehead atoms. The summed E-state index contributed by atoms with van der Waals surface area (Å²) >= 11 is 0. The minimum atomic E-state index is -0.342. The van der Waals surface area contributed by atoms with E-state index >= 15 is 0 Å². The van der Waals surface area contributed by atoms with Crippen molar-refractivity contribution >= 4 is 12.0 Å². The molecule has 0 aromatic heterocycles. The van der Waals surface area contributed by atoms with Gasteiger partial charge in [-0.05, 0) is 18.6 Å². The van der Waals surface area contributed by atoms with Gasteiger partial charge in [0.15, 0.2) is 0 Å². The minimum Gasteiger partial charge on any atom is -0.494 e. The van der Waals surface area contributed by atoms with Crippen molar-refractivity contribution in [2.24, 2.45) is 0 Å². The molecule has 0 radical (unpaired) electrons. The lowest BCUT2D eigenvalue weighted by Crippen LogP contribution is -2.34. The van der Waals surface area contributed by atoms with Gasteiger partial charge in [-0.3, -0.25) is 4.79 Å². The Bertz CT molecular complexity index is 478. The number of likely N-dealkylation sites (N-methyl/N-ethyl adjacent to an activating group) is 1. The van der Waals surface area contributed by atoms with Gasteiger partial charge >= 0.3 is 6.09 Å². The lowest BCUT2D eigenvalue weighted by Gasteiger charge is -2.10. The molecule has 0 aliphatic carbocycles. The number of nitrogens with zero attached hydrogens (tertiary/aromatic N) is 1. The Morgan fingerprint density at radius 2 is 2.19 bits per heavy atom. The van der Waals surface area contributed by atoms with Gasteiger partial charge in [0.2, 0.25) is 5.91 Å². The third-order valence-electron chi connectivity index (χ3n) is 3.14. The number of carbonyl (C=O) groups excluding carboxylic acids is 2. The molecule has 1 heterocycles. The molecule has 1 aliphatic heterocycles. The van der Waals surface area contributed by atoms with E-state index < -0.39 is 0 Å². The van der Waals surface area contributed by atoms with Crippen LogP contribution in [0, 0.1) is 0 Å². The zero-order chi connectivity index (χ0) is 15.1. The van der Waals surface area contributed by atoms with Crippen LogP contribution in [0.25, 0.3) is 0 Å². The van der Waals surface area contributed by atoms with Crippen molar-refractivity contribution in [3.8, 4) is 5.75 Å². The fraction of sp³-hybridized carbons (Fsp3) is 0.467. The highest BCUT2D eigenvalue weighted by atomic mass is 16.6. The fourth-order valence-corrected chi connectivity index (χ4v) is 2.01. The fourth-order valence-electron chi connectivity index (χ4n) is 2.01. The number of hydrogen-bond acceptors (Lipinski definition) is 4. The maximum absolute atomic E-state index is 11.7. The van der Waals surface area contributed by atoms with Crippen LogP contribution < -0.4 is 10.1 Å².